The van der Waals surface area contributed by atoms with Crippen LogP contribution in [-0.4, -0.2) is 64.5 Å². The van der Waals surface area contributed by atoms with E-state index >= 15 is 0 Å². The summed E-state index contributed by atoms with van der Waals surface area (Å²) in [6.07, 6.45) is 1.70. The van der Waals surface area contributed by atoms with Gasteiger partial charge in [0.15, 0.2) is 11.5 Å². The smallest absolute Gasteiger partial charge is 0.435 e. The van der Waals surface area contributed by atoms with Gasteiger partial charge in [0.2, 0.25) is 11.8 Å². The molecule has 0 aliphatic rings. The van der Waals surface area contributed by atoms with Gasteiger partial charge in [-0.1, -0.05) is 11.6 Å². The first kappa shape index (κ1) is 28.8. The van der Waals surface area contributed by atoms with Gasteiger partial charge in [0.1, 0.15) is 18.0 Å². The van der Waals surface area contributed by atoms with Crippen molar-refractivity contribution in [1.82, 2.24) is 24.7 Å². The second kappa shape index (κ2) is 11.1. The number of alkyl halides is 3. The molecule has 3 aromatic heterocycles. The molecule has 0 fully saturated rings. The molecule has 0 bridgehead atoms. The van der Waals surface area contributed by atoms with Crippen molar-refractivity contribution < 1.29 is 36.4 Å². The molecule has 0 atom stereocenters. The molecule has 3 heterocycles. The number of aromatic nitrogens is 5. The summed E-state index contributed by atoms with van der Waals surface area (Å²) in [5.74, 6) is -2.58. The van der Waals surface area contributed by atoms with Crippen molar-refractivity contribution in [3.05, 3.63) is 71.0 Å². The molecule has 0 spiro atoms. The molecule has 0 saturated carbocycles. The summed E-state index contributed by atoms with van der Waals surface area (Å²) in [7, 11) is -2.27. The molecule has 0 radical (unpaired) electrons. The van der Waals surface area contributed by atoms with E-state index in [1.807, 2.05) is 0 Å². The largest absolute Gasteiger partial charge is 0.477 e. The van der Waals surface area contributed by atoms with Gasteiger partial charge in [0, 0.05) is 53.3 Å². The number of carboxylic acid groups (broad SMARTS) is 1. The number of nitrogens with one attached hydrogen (secondary N) is 1. The number of anilines is 2. The monoisotopic (exact) mass is 598 g/mol. The van der Waals surface area contributed by atoms with E-state index in [0.29, 0.717) is 0 Å². The van der Waals surface area contributed by atoms with Crippen LogP contribution < -0.4 is 10.1 Å². The molecular weight excluding hydrogens is 580 g/mol. The van der Waals surface area contributed by atoms with Crippen LogP contribution in [-0.2, 0) is 15.7 Å². The Morgan fingerprint density at radius 1 is 1.20 bits per heavy atom. The van der Waals surface area contributed by atoms with E-state index in [9.17, 15) is 31.7 Å². The average molecular weight is 599 g/mol. The number of ether oxygens (including phenoxy) is 1. The Hall–Kier alpha value is -4.24. The zero-order valence-electron chi connectivity index (χ0n) is 20.6. The van der Waals surface area contributed by atoms with E-state index < -0.39 is 33.2 Å². The first-order valence-corrected chi connectivity index (χ1v) is 13.9. The standard InChI is InChI=1S/C24H19ClF4N6O4S/c1-40(2,38)8-7-39-21-15(22(36)37)9-13(11-30-21)16-12-31-23(32-14-3-4-18(26)17(25)10-14)33-20(16)35-6-5-19(34-35)24(27,28)29/h3-6,8-12H,7H2,1-2H3,(H,36,37)(H,31,32,33). The Labute approximate surface area is 229 Å². The fourth-order valence-corrected chi connectivity index (χ4v) is 3.83. The molecular formula is C24H19ClF4N6O4S. The highest BCUT2D eigenvalue weighted by atomic mass is 35.5. The van der Waals surface area contributed by atoms with Crippen LogP contribution in [0, 0.1) is 5.82 Å². The van der Waals surface area contributed by atoms with Gasteiger partial charge in [-0.3, -0.25) is 4.21 Å². The molecule has 2 N–H and O–H groups in total. The van der Waals surface area contributed by atoms with E-state index in [-0.39, 0.29) is 51.7 Å². The van der Waals surface area contributed by atoms with Crippen molar-refractivity contribution in [3.8, 4) is 22.8 Å². The summed E-state index contributed by atoms with van der Waals surface area (Å²) in [4.78, 5) is 24.4. The lowest BCUT2D eigenvalue weighted by Crippen LogP contribution is -2.11. The molecule has 10 nitrogen and oxygen atoms in total. The third kappa shape index (κ3) is 6.84. The van der Waals surface area contributed by atoms with E-state index in [1.54, 1.807) is 0 Å². The number of halogens is 5. The Morgan fingerprint density at radius 2 is 1.95 bits per heavy atom. The maximum atomic E-state index is 13.5. The SMILES string of the molecule is CS(C)(=O)=CCOc1ncc(-c2cnc(Nc3ccc(F)c(Cl)c3)nc2-n2ccc(C(F)(F)F)n2)cc1C(=O)O. The maximum Gasteiger partial charge on any atom is 0.435 e. The number of aromatic carboxylic acids is 1. The number of carbonyl (C=O) groups is 1. The molecule has 16 heteroatoms. The zero-order valence-corrected chi connectivity index (χ0v) is 22.2. The maximum absolute atomic E-state index is 13.5. The Kier molecular flexibility index (Phi) is 7.98. The summed E-state index contributed by atoms with van der Waals surface area (Å²) in [6.45, 7) is -0.173. The fourth-order valence-electron chi connectivity index (χ4n) is 3.25. The van der Waals surface area contributed by atoms with Gasteiger partial charge in [-0.25, -0.2) is 23.8 Å². The molecule has 40 heavy (non-hydrogen) atoms. The Morgan fingerprint density at radius 3 is 2.58 bits per heavy atom. The zero-order chi connectivity index (χ0) is 29.2. The van der Waals surface area contributed by atoms with Gasteiger partial charge in [0.25, 0.3) is 0 Å². The Bertz CT molecular complexity index is 1710. The summed E-state index contributed by atoms with van der Waals surface area (Å²) in [6, 6.07) is 5.64. The van der Waals surface area contributed by atoms with Crippen molar-refractivity contribution in [2.45, 2.75) is 6.18 Å². The number of benzene rings is 1. The van der Waals surface area contributed by atoms with Crippen LogP contribution in [0.5, 0.6) is 5.88 Å². The van der Waals surface area contributed by atoms with Crippen molar-refractivity contribution in [2.75, 3.05) is 24.4 Å². The summed E-state index contributed by atoms with van der Waals surface area (Å²) >= 11 is 5.81. The van der Waals surface area contributed by atoms with Gasteiger partial charge in [-0.2, -0.15) is 23.3 Å². The second-order valence-electron chi connectivity index (χ2n) is 8.50. The number of carboxylic acids is 1. The van der Waals surface area contributed by atoms with Crippen LogP contribution in [0.3, 0.4) is 0 Å². The van der Waals surface area contributed by atoms with Crippen LogP contribution in [0.4, 0.5) is 29.2 Å². The van der Waals surface area contributed by atoms with Crippen LogP contribution in [0.2, 0.25) is 5.02 Å². The highest BCUT2D eigenvalue weighted by Gasteiger charge is 2.34. The van der Waals surface area contributed by atoms with Gasteiger partial charge < -0.3 is 15.2 Å². The highest BCUT2D eigenvalue weighted by molar-refractivity contribution is 8.00. The number of hydrogen-bond donors (Lipinski definition) is 2. The molecule has 0 unspecified atom stereocenters. The van der Waals surface area contributed by atoms with Crippen molar-refractivity contribution in [2.24, 2.45) is 0 Å². The lowest BCUT2D eigenvalue weighted by atomic mass is 10.1. The predicted octanol–water partition coefficient (Wildman–Crippen LogP) is 4.70. The van der Waals surface area contributed by atoms with Gasteiger partial charge >= 0.3 is 12.1 Å². The van der Waals surface area contributed by atoms with Crippen LogP contribution in [0.15, 0.2) is 48.9 Å². The molecule has 0 saturated heterocycles. The Balaban J connectivity index is 1.80. The number of rotatable bonds is 8. The molecule has 4 rings (SSSR count). The molecule has 0 aliphatic heterocycles. The summed E-state index contributed by atoms with van der Waals surface area (Å²) < 4.78 is 71.4. The van der Waals surface area contributed by atoms with Crippen LogP contribution >= 0.6 is 11.6 Å². The molecule has 4 aromatic rings. The molecule has 1 aromatic carbocycles. The molecule has 210 valence electrons. The lowest BCUT2D eigenvalue weighted by molar-refractivity contribution is -0.141. The number of pyridine rings is 1. The second-order valence-corrected chi connectivity index (χ2v) is 11.9. The number of nitrogens with zero attached hydrogens (tertiary/aromatic N) is 5. The van der Waals surface area contributed by atoms with Gasteiger partial charge in [0.05, 0.1) is 5.02 Å². The minimum Gasteiger partial charge on any atom is -0.477 e. The molecule has 0 aliphatic carbocycles. The van der Waals surface area contributed by atoms with Crippen LogP contribution in [0.25, 0.3) is 16.9 Å². The summed E-state index contributed by atoms with van der Waals surface area (Å²) in [5.41, 5.74) is -1.06. The van der Waals surface area contributed by atoms with E-state index in [4.69, 9.17) is 16.3 Å². The number of hydrogen-bond acceptors (Lipinski definition) is 8. The normalized spacial score (nSPS) is 11.8. The topological polar surface area (TPSA) is 132 Å². The minimum absolute atomic E-state index is 0.0813. The lowest BCUT2D eigenvalue weighted by Gasteiger charge is -2.13. The average Bonchev–Trinajstić information content (AvgIpc) is 3.37. The fraction of sp³-hybridized carbons (Fsp3) is 0.167. The van der Waals surface area contributed by atoms with Crippen molar-refractivity contribution >= 4 is 44.1 Å². The summed E-state index contributed by atoms with van der Waals surface area (Å²) in [5, 5.41) is 17.2. The van der Waals surface area contributed by atoms with Gasteiger partial charge in [-0.05, 0) is 39.9 Å². The third-order valence-electron chi connectivity index (χ3n) is 5.12. The third-order valence-corrected chi connectivity index (χ3v) is 6.35. The van der Waals surface area contributed by atoms with E-state index in [2.05, 4.69) is 25.4 Å². The first-order chi connectivity index (χ1) is 18.7. The van der Waals surface area contributed by atoms with Gasteiger partial charge in [-0.15, -0.1) is 0 Å². The predicted molar refractivity (Wildman–Crippen MR) is 141 cm³/mol. The van der Waals surface area contributed by atoms with E-state index in [1.165, 1.54) is 48.5 Å². The van der Waals surface area contributed by atoms with Crippen molar-refractivity contribution in [3.63, 3.8) is 0 Å². The minimum atomic E-state index is -4.74. The first-order valence-electron chi connectivity index (χ1n) is 11.1. The highest BCUT2D eigenvalue weighted by Crippen LogP contribution is 2.32. The van der Waals surface area contributed by atoms with E-state index in [0.717, 1.165) is 23.0 Å². The van der Waals surface area contributed by atoms with Crippen LogP contribution in [0.1, 0.15) is 16.1 Å². The molecule has 0 amide bonds. The van der Waals surface area contributed by atoms with Crippen molar-refractivity contribution in [1.29, 1.82) is 0 Å². The quantitative estimate of drug-likeness (QED) is 0.219.